The Morgan fingerprint density at radius 2 is 2.20 bits per heavy atom. The zero-order valence-corrected chi connectivity index (χ0v) is 11.3. The number of methoxy groups -OCH3 is 1. The van der Waals surface area contributed by atoms with Crippen LogP contribution in [0, 0.1) is 11.3 Å². The molecule has 102 valence electrons. The van der Waals surface area contributed by atoms with Crippen molar-refractivity contribution in [3.63, 3.8) is 0 Å². The molecule has 0 aliphatic heterocycles. The van der Waals surface area contributed by atoms with Gasteiger partial charge in [-0.25, -0.2) is 0 Å². The number of hydrogen-bond donors (Lipinski definition) is 0. The van der Waals surface area contributed by atoms with Crippen molar-refractivity contribution >= 4 is 0 Å². The van der Waals surface area contributed by atoms with Crippen LogP contribution in [0.5, 0.6) is 0 Å². The molecule has 1 saturated carbocycles. The summed E-state index contributed by atoms with van der Waals surface area (Å²) in [5.41, 5.74) is 1.33. The molecule has 5 nitrogen and oxygen atoms in total. The molecule has 0 spiro atoms. The van der Waals surface area contributed by atoms with Gasteiger partial charge in [-0.2, -0.15) is 10.2 Å². The second-order valence-electron chi connectivity index (χ2n) is 4.97. The molecule has 0 atom stereocenters. The summed E-state index contributed by atoms with van der Waals surface area (Å²) in [4.78, 5) is 4.48. The van der Waals surface area contributed by atoms with Crippen molar-refractivity contribution in [2.24, 2.45) is 0 Å². The van der Waals surface area contributed by atoms with Crippen molar-refractivity contribution in [2.75, 3.05) is 7.11 Å². The number of aromatic nitrogens is 2. The van der Waals surface area contributed by atoms with Crippen molar-refractivity contribution in [1.29, 1.82) is 5.26 Å². The van der Waals surface area contributed by atoms with Gasteiger partial charge in [0, 0.05) is 12.7 Å². The molecule has 1 aliphatic carbocycles. The topological polar surface area (TPSA) is 71.9 Å². The molecule has 0 N–H and O–H groups in total. The first-order chi connectivity index (χ1) is 9.79. The van der Waals surface area contributed by atoms with E-state index in [4.69, 9.17) is 14.5 Å². The van der Waals surface area contributed by atoms with E-state index in [1.165, 1.54) is 0 Å². The van der Waals surface area contributed by atoms with Crippen LogP contribution < -0.4 is 0 Å². The number of benzene rings is 1. The molecular formula is C15H15N3O2. The van der Waals surface area contributed by atoms with Gasteiger partial charge in [-0.15, -0.1) is 0 Å². The number of rotatable bonds is 4. The number of nitriles is 1. The SMILES string of the molecule is COC1(c2noc(-c3ccccc3CC#N)n2)CCC1. The summed E-state index contributed by atoms with van der Waals surface area (Å²) in [5, 5.41) is 12.9. The molecule has 0 saturated heterocycles. The highest BCUT2D eigenvalue weighted by Gasteiger charge is 2.43. The third-order valence-corrected chi connectivity index (χ3v) is 3.90. The van der Waals surface area contributed by atoms with Crippen LogP contribution in [-0.2, 0) is 16.8 Å². The van der Waals surface area contributed by atoms with Crippen LogP contribution in [0.2, 0.25) is 0 Å². The van der Waals surface area contributed by atoms with E-state index in [0.29, 0.717) is 18.1 Å². The highest BCUT2D eigenvalue weighted by Crippen LogP contribution is 2.43. The lowest BCUT2D eigenvalue weighted by molar-refractivity contribution is -0.0858. The lowest BCUT2D eigenvalue weighted by atomic mass is 9.79. The average Bonchev–Trinajstić information content (AvgIpc) is 2.89. The van der Waals surface area contributed by atoms with Crippen LogP contribution in [0.3, 0.4) is 0 Å². The molecule has 1 aromatic heterocycles. The van der Waals surface area contributed by atoms with Crippen LogP contribution in [0.25, 0.3) is 11.5 Å². The van der Waals surface area contributed by atoms with Crippen LogP contribution in [0.15, 0.2) is 28.8 Å². The van der Waals surface area contributed by atoms with Crippen LogP contribution >= 0.6 is 0 Å². The first-order valence-corrected chi connectivity index (χ1v) is 6.64. The van der Waals surface area contributed by atoms with E-state index in [-0.39, 0.29) is 5.60 Å². The molecule has 20 heavy (non-hydrogen) atoms. The molecule has 0 unspecified atom stereocenters. The Morgan fingerprint density at radius 1 is 1.40 bits per heavy atom. The van der Waals surface area contributed by atoms with E-state index >= 15 is 0 Å². The molecule has 1 aliphatic rings. The first-order valence-electron chi connectivity index (χ1n) is 6.64. The number of nitrogens with zero attached hydrogens (tertiary/aromatic N) is 3. The zero-order chi connectivity index (χ0) is 14.0. The number of ether oxygens (including phenoxy) is 1. The molecular weight excluding hydrogens is 254 g/mol. The molecule has 0 amide bonds. The molecule has 0 bridgehead atoms. The maximum Gasteiger partial charge on any atom is 0.258 e. The Hall–Kier alpha value is -2.19. The maximum atomic E-state index is 8.87. The highest BCUT2D eigenvalue weighted by molar-refractivity contribution is 5.59. The molecule has 0 radical (unpaired) electrons. The predicted molar refractivity (Wildman–Crippen MR) is 71.6 cm³/mol. The van der Waals surface area contributed by atoms with E-state index in [2.05, 4.69) is 16.2 Å². The normalized spacial score (nSPS) is 16.4. The minimum absolute atomic E-state index is 0.323. The summed E-state index contributed by atoms with van der Waals surface area (Å²) in [6.45, 7) is 0. The van der Waals surface area contributed by atoms with E-state index in [1.54, 1.807) is 7.11 Å². The maximum absolute atomic E-state index is 8.87. The van der Waals surface area contributed by atoms with E-state index < -0.39 is 0 Å². The van der Waals surface area contributed by atoms with Crippen molar-refractivity contribution in [3.05, 3.63) is 35.7 Å². The van der Waals surface area contributed by atoms with Crippen LogP contribution in [-0.4, -0.2) is 17.3 Å². The monoisotopic (exact) mass is 269 g/mol. The molecule has 3 rings (SSSR count). The summed E-state index contributed by atoms with van der Waals surface area (Å²) in [5.74, 6) is 1.06. The van der Waals surface area contributed by atoms with Gasteiger partial charge in [-0.05, 0) is 30.9 Å². The van der Waals surface area contributed by atoms with Gasteiger partial charge in [-0.1, -0.05) is 23.4 Å². The lowest BCUT2D eigenvalue weighted by Gasteiger charge is -2.37. The number of hydrogen-bond acceptors (Lipinski definition) is 5. The zero-order valence-electron chi connectivity index (χ0n) is 11.3. The Balaban J connectivity index is 1.97. The van der Waals surface area contributed by atoms with Crippen molar-refractivity contribution in [1.82, 2.24) is 10.1 Å². The van der Waals surface area contributed by atoms with Gasteiger partial charge in [0.1, 0.15) is 5.60 Å². The molecule has 1 fully saturated rings. The van der Waals surface area contributed by atoms with Crippen LogP contribution in [0.1, 0.15) is 30.7 Å². The molecule has 5 heteroatoms. The van der Waals surface area contributed by atoms with Gasteiger partial charge in [-0.3, -0.25) is 0 Å². The Morgan fingerprint density at radius 3 is 2.85 bits per heavy atom. The van der Waals surface area contributed by atoms with Crippen molar-refractivity contribution in [3.8, 4) is 17.5 Å². The van der Waals surface area contributed by atoms with Crippen LogP contribution in [0.4, 0.5) is 0 Å². The second kappa shape index (κ2) is 5.06. The quantitative estimate of drug-likeness (QED) is 0.853. The fourth-order valence-corrected chi connectivity index (χ4v) is 2.50. The molecule has 1 aromatic carbocycles. The van der Waals surface area contributed by atoms with E-state index in [1.807, 2.05) is 24.3 Å². The first kappa shape index (κ1) is 12.8. The van der Waals surface area contributed by atoms with Gasteiger partial charge in [0.25, 0.3) is 5.89 Å². The predicted octanol–water partition coefficient (Wildman–Crippen LogP) is 2.83. The molecule has 1 heterocycles. The van der Waals surface area contributed by atoms with Crippen molar-refractivity contribution in [2.45, 2.75) is 31.3 Å². The minimum atomic E-state index is -0.383. The minimum Gasteiger partial charge on any atom is -0.370 e. The average molecular weight is 269 g/mol. The lowest BCUT2D eigenvalue weighted by Crippen LogP contribution is -2.37. The Labute approximate surface area is 117 Å². The summed E-state index contributed by atoms with van der Waals surface area (Å²) in [7, 11) is 1.68. The van der Waals surface area contributed by atoms with Gasteiger partial charge < -0.3 is 9.26 Å². The third-order valence-electron chi connectivity index (χ3n) is 3.90. The Kier molecular flexibility index (Phi) is 3.25. The Bertz CT molecular complexity index is 648. The summed E-state index contributed by atoms with van der Waals surface area (Å²) in [6, 6.07) is 9.74. The summed E-state index contributed by atoms with van der Waals surface area (Å²) < 4.78 is 10.9. The fraction of sp³-hybridized carbons (Fsp3) is 0.400. The van der Waals surface area contributed by atoms with Gasteiger partial charge in [0.05, 0.1) is 12.5 Å². The largest absolute Gasteiger partial charge is 0.370 e. The van der Waals surface area contributed by atoms with E-state index in [9.17, 15) is 0 Å². The summed E-state index contributed by atoms with van der Waals surface area (Å²) in [6.07, 6.45) is 3.27. The van der Waals surface area contributed by atoms with Gasteiger partial charge in [0.15, 0.2) is 0 Å². The molecule has 2 aromatic rings. The van der Waals surface area contributed by atoms with Gasteiger partial charge >= 0.3 is 0 Å². The highest BCUT2D eigenvalue weighted by atomic mass is 16.5. The fourth-order valence-electron chi connectivity index (χ4n) is 2.50. The van der Waals surface area contributed by atoms with Crippen molar-refractivity contribution < 1.29 is 9.26 Å². The second-order valence-corrected chi connectivity index (χ2v) is 4.97. The summed E-state index contributed by atoms with van der Waals surface area (Å²) >= 11 is 0. The van der Waals surface area contributed by atoms with Gasteiger partial charge in [0.2, 0.25) is 5.82 Å². The third kappa shape index (κ3) is 1.98. The smallest absolute Gasteiger partial charge is 0.258 e. The van der Waals surface area contributed by atoms with E-state index in [0.717, 1.165) is 30.4 Å². The standard InChI is InChI=1S/C15H15N3O2/c1-19-15(8-4-9-15)14-17-13(20-18-14)12-6-3-2-5-11(12)7-10-16/h2-3,5-6H,4,7-9H2,1H3.